The molecule has 2 nitrogen and oxygen atoms in total. The van der Waals surface area contributed by atoms with Gasteiger partial charge in [0.05, 0.1) is 10.0 Å². The first-order valence-corrected chi connectivity index (χ1v) is 7.44. The number of halogens is 2. The summed E-state index contributed by atoms with van der Waals surface area (Å²) in [5.41, 5.74) is 1.84. The van der Waals surface area contributed by atoms with Crippen molar-refractivity contribution in [2.75, 3.05) is 0 Å². The Balaban J connectivity index is 1.99. The van der Waals surface area contributed by atoms with Crippen molar-refractivity contribution in [3.8, 4) is 5.75 Å². The first-order valence-electron chi connectivity index (χ1n) is 6.68. The van der Waals surface area contributed by atoms with Gasteiger partial charge in [0.15, 0.2) is 5.78 Å². The van der Waals surface area contributed by atoms with Crippen molar-refractivity contribution >= 4 is 29.0 Å². The highest BCUT2D eigenvalue weighted by Crippen LogP contribution is 2.36. The van der Waals surface area contributed by atoms with E-state index in [1.54, 1.807) is 24.3 Å². The molecule has 0 saturated carbocycles. The molecular weight excluding hydrogens is 307 g/mol. The van der Waals surface area contributed by atoms with E-state index in [9.17, 15) is 4.79 Å². The van der Waals surface area contributed by atoms with Crippen LogP contribution in [0, 0.1) is 0 Å². The number of carbonyl (C=O) groups is 1. The van der Waals surface area contributed by atoms with E-state index in [4.69, 9.17) is 27.9 Å². The normalized spacial score (nSPS) is 15.4. The van der Waals surface area contributed by atoms with Gasteiger partial charge in [0.2, 0.25) is 0 Å². The van der Waals surface area contributed by atoms with Crippen molar-refractivity contribution in [1.82, 2.24) is 0 Å². The molecule has 0 fully saturated rings. The molecule has 3 rings (SSSR count). The van der Waals surface area contributed by atoms with Gasteiger partial charge in [-0.2, -0.15) is 0 Å². The van der Waals surface area contributed by atoms with Crippen molar-refractivity contribution in [2.45, 2.75) is 25.9 Å². The smallest absolute Gasteiger partial charge is 0.194 e. The van der Waals surface area contributed by atoms with Crippen molar-refractivity contribution in [1.29, 1.82) is 0 Å². The first kappa shape index (κ1) is 14.4. The number of carbonyl (C=O) groups excluding carboxylic acids is 1. The molecule has 0 N–H and O–H groups in total. The van der Waals surface area contributed by atoms with E-state index in [-0.39, 0.29) is 11.4 Å². The number of benzene rings is 2. The van der Waals surface area contributed by atoms with Crippen molar-refractivity contribution in [2.24, 2.45) is 0 Å². The van der Waals surface area contributed by atoms with Gasteiger partial charge in [-0.25, -0.2) is 0 Å². The van der Waals surface area contributed by atoms with E-state index in [0.29, 0.717) is 21.2 Å². The molecule has 0 bridgehead atoms. The molecule has 0 amide bonds. The molecule has 0 aromatic heterocycles. The van der Waals surface area contributed by atoms with Gasteiger partial charge >= 0.3 is 0 Å². The van der Waals surface area contributed by atoms with E-state index in [0.717, 1.165) is 17.7 Å². The lowest BCUT2D eigenvalue weighted by Gasteiger charge is -2.16. The average molecular weight is 321 g/mol. The van der Waals surface area contributed by atoms with Crippen LogP contribution < -0.4 is 4.74 Å². The molecule has 0 spiro atoms. The zero-order chi connectivity index (χ0) is 15.2. The number of ether oxygens (including phenoxy) is 1. The first-order chi connectivity index (χ1) is 9.87. The second-order valence-corrected chi connectivity index (χ2v) is 6.58. The molecule has 108 valence electrons. The molecule has 4 heteroatoms. The van der Waals surface area contributed by atoms with Gasteiger partial charge in [-0.15, -0.1) is 0 Å². The van der Waals surface area contributed by atoms with Gasteiger partial charge in [-0.1, -0.05) is 29.3 Å². The highest BCUT2D eigenvalue weighted by atomic mass is 35.5. The predicted molar refractivity (Wildman–Crippen MR) is 84.7 cm³/mol. The molecule has 21 heavy (non-hydrogen) atoms. The van der Waals surface area contributed by atoms with Crippen LogP contribution in [0.25, 0.3) is 0 Å². The lowest BCUT2D eigenvalue weighted by molar-refractivity contribution is 0.103. The summed E-state index contributed by atoms with van der Waals surface area (Å²) in [6.07, 6.45) is 0.784. The van der Waals surface area contributed by atoms with E-state index in [1.807, 2.05) is 26.0 Å². The molecular formula is C17H14Cl2O2. The Morgan fingerprint density at radius 3 is 2.71 bits per heavy atom. The minimum absolute atomic E-state index is 0.130. The van der Waals surface area contributed by atoms with Gasteiger partial charge < -0.3 is 4.74 Å². The SMILES string of the molecule is CC1(C)Cc2cc(C(=O)c3cccc(Cl)c3Cl)ccc2O1. The van der Waals surface area contributed by atoms with Gasteiger partial charge in [0, 0.05) is 17.5 Å². The molecule has 0 aliphatic carbocycles. The van der Waals surface area contributed by atoms with Gasteiger partial charge in [0.1, 0.15) is 11.4 Å². The lowest BCUT2D eigenvalue weighted by Crippen LogP contribution is -2.24. The Morgan fingerprint density at radius 1 is 1.19 bits per heavy atom. The number of ketones is 1. The standard InChI is InChI=1S/C17H14Cl2O2/c1-17(2)9-11-8-10(6-7-14(11)21-17)16(20)12-4-3-5-13(18)15(12)19/h3-8H,9H2,1-2H3. The Kier molecular flexibility index (Phi) is 3.46. The Labute approximate surface area is 133 Å². The number of fused-ring (bicyclic) bond motifs is 1. The Morgan fingerprint density at radius 2 is 1.95 bits per heavy atom. The minimum atomic E-state index is -0.224. The van der Waals surface area contributed by atoms with Crippen LogP contribution in [0.2, 0.25) is 10.0 Å². The van der Waals surface area contributed by atoms with Crippen LogP contribution in [0.4, 0.5) is 0 Å². The van der Waals surface area contributed by atoms with Crippen LogP contribution in [0.1, 0.15) is 35.3 Å². The summed E-state index contributed by atoms with van der Waals surface area (Å²) in [5, 5.41) is 0.675. The molecule has 1 heterocycles. The third-order valence-electron chi connectivity index (χ3n) is 3.52. The summed E-state index contributed by atoms with van der Waals surface area (Å²) in [6.45, 7) is 4.06. The summed E-state index contributed by atoms with van der Waals surface area (Å²) < 4.78 is 5.82. The quantitative estimate of drug-likeness (QED) is 0.733. The van der Waals surface area contributed by atoms with E-state index in [2.05, 4.69) is 0 Å². The zero-order valence-electron chi connectivity index (χ0n) is 11.7. The zero-order valence-corrected chi connectivity index (χ0v) is 13.3. The third-order valence-corrected chi connectivity index (χ3v) is 4.34. The molecule has 0 atom stereocenters. The van der Waals surface area contributed by atoms with Gasteiger partial charge in [-0.3, -0.25) is 4.79 Å². The highest BCUT2D eigenvalue weighted by molar-refractivity contribution is 6.44. The second-order valence-electron chi connectivity index (χ2n) is 5.79. The molecule has 0 unspecified atom stereocenters. The topological polar surface area (TPSA) is 26.3 Å². The van der Waals surface area contributed by atoms with Crippen LogP contribution in [-0.2, 0) is 6.42 Å². The van der Waals surface area contributed by atoms with Crippen LogP contribution in [0.3, 0.4) is 0 Å². The Hall–Kier alpha value is -1.51. The average Bonchev–Trinajstić information content (AvgIpc) is 2.73. The maximum absolute atomic E-state index is 12.6. The van der Waals surface area contributed by atoms with Crippen LogP contribution >= 0.6 is 23.2 Å². The third kappa shape index (κ3) is 2.66. The number of hydrogen-bond acceptors (Lipinski definition) is 2. The lowest BCUT2D eigenvalue weighted by atomic mass is 9.97. The molecule has 2 aromatic carbocycles. The highest BCUT2D eigenvalue weighted by Gasteiger charge is 2.30. The maximum Gasteiger partial charge on any atom is 0.194 e. The Bertz CT molecular complexity index is 736. The fourth-order valence-corrected chi connectivity index (χ4v) is 2.97. The predicted octanol–water partition coefficient (Wildman–Crippen LogP) is 4.94. The van der Waals surface area contributed by atoms with Crippen LogP contribution in [-0.4, -0.2) is 11.4 Å². The number of hydrogen-bond donors (Lipinski definition) is 0. The van der Waals surface area contributed by atoms with Crippen molar-refractivity contribution in [3.05, 3.63) is 63.1 Å². The summed E-state index contributed by atoms with van der Waals surface area (Å²) in [5.74, 6) is 0.712. The summed E-state index contributed by atoms with van der Waals surface area (Å²) in [6, 6.07) is 10.6. The molecule has 0 saturated heterocycles. The fraction of sp³-hybridized carbons (Fsp3) is 0.235. The van der Waals surface area contributed by atoms with Crippen LogP contribution in [0.15, 0.2) is 36.4 Å². The van der Waals surface area contributed by atoms with E-state index < -0.39 is 0 Å². The van der Waals surface area contributed by atoms with E-state index >= 15 is 0 Å². The monoisotopic (exact) mass is 320 g/mol. The summed E-state index contributed by atoms with van der Waals surface area (Å²) in [4.78, 5) is 12.6. The molecule has 1 aliphatic heterocycles. The van der Waals surface area contributed by atoms with Crippen molar-refractivity contribution < 1.29 is 9.53 Å². The minimum Gasteiger partial charge on any atom is -0.487 e. The summed E-state index contributed by atoms with van der Waals surface area (Å²) in [7, 11) is 0. The maximum atomic E-state index is 12.6. The molecule has 2 aromatic rings. The fourth-order valence-electron chi connectivity index (χ4n) is 2.59. The second kappa shape index (κ2) is 5.04. The van der Waals surface area contributed by atoms with Gasteiger partial charge in [-0.05, 0) is 49.7 Å². The van der Waals surface area contributed by atoms with Crippen molar-refractivity contribution in [3.63, 3.8) is 0 Å². The summed E-state index contributed by atoms with van der Waals surface area (Å²) >= 11 is 12.1. The largest absolute Gasteiger partial charge is 0.487 e. The van der Waals surface area contributed by atoms with Crippen LogP contribution in [0.5, 0.6) is 5.75 Å². The van der Waals surface area contributed by atoms with Gasteiger partial charge in [0.25, 0.3) is 0 Å². The van der Waals surface area contributed by atoms with E-state index in [1.165, 1.54) is 0 Å². The number of rotatable bonds is 2. The molecule has 0 radical (unpaired) electrons. The molecule has 1 aliphatic rings.